The summed E-state index contributed by atoms with van der Waals surface area (Å²) < 4.78 is 0. The molecule has 0 aromatic heterocycles. The Hall–Kier alpha value is -0.820. The minimum atomic E-state index is -0.185. The lowest BCUT2D eigenvalue weighted by Gasteiger charge is -2.27. The van der Waals surface area contributed by atoms with Crippen LogP contribution in [0.3, 0.4) is 0 Å². The average molecular weight is 205 g/mol. The zero-order valence-electron chi connectivity index (χ0n) is 10.4. The van der Waals surface area contributed by atoms with Crippen molar-refractivity contribution in [1.82, 2.24) is 0 Å². The van der Waals surface area contributed by atoms with Gasteiger partial charge in [-0.25, -0.2) is 0 Å². The van der Waals surface area contributed by atoms with Crippen molar-refractivity contribution in [3.63, 3.8) is 0 Å². The van der Waals surface area contributed by atoms with E-state index in [1.165, 1.54) is 17.5 Å². The van der Waals surface area contributed by atoms with Crippen LogP contribution in [0, 0.1) is 12.8 Å². The van der Waals surface area contributed by atoms with E-state index in [4.69, 9.17) is 5.73 Å². The average Bonchev–Trinajstić information content (AvgIpc) is 2.15. The van der Waals surface area contributed by atoms with Crippen molar-refractivity contribution in [2.75, 3.05) is 0 Å². The molecule has 1 atom stereocenters. The Morgan fingerprint density at radius 1 is 1.27 bits per heavy atom. The first-order valence-electron chi connectivity index (χ1n) is 5.78. The lowest BCUT2D eigenvalue weighted by atomic mass is 9.84. The van der Waals surface area contributed by atoms with Gasteiger partial charge in [-0.2, -0.15) is 0 Å². The molecule has 0 fully saturated rings. The van der Waals surface area contributed by atoms with Gasteiger partial charge < -0.3 is 5.73 Å². The number of nitrogens with two attached hydrogens (primary N) is 1. The summed E-state index contributed by atoms with van der Waals surface area (Å²) in [5.41, 5.74) is 8.78. The smallest absolute Gasteiger partial charge is 0.0383 e. The summed E-state index contributed by atoms with van der Waals surface area (Å²) in [6.45, 7) is 8.76. The monoisotopic (exact) mass is 205 g/mol. The van der Waals surface area contributed by atoms with Gasteiger partial charge in [-0.1, -0.05) is 38.1 Å². The van der Waals surface area contributed by atoms with E-state index >= 15 is 0 Å². The van der Waals surface area contributed by atoms with E-state index in [0.29, 0.717) is 0 Å². The SMILES string of the molecule is Cc1ccccc1C(C)(N)CCC(C)C. The second kappa shape index (κ2) is 4.80. The van der Waals surface area contributed by atoms with Crippen LogP contribution < -0.4 is 5.73 Å². The minimum absolute atomic E-state index is 0.185. The van der Waals surface area contributed by atoms with Crippen LogP contribution in [-0.2, 0) is 5.54 Å². The van der Waals surface area contributed by atoms with Crippen LogP contribution in [-0.4, -0.2) is 0 Å². The number of aryl methyl sites for hydroxylation is 1. The number of hydrogen-bond acceptors (Lipinski definition) is 1. The normalized spacial score (nSPS) is 15.3. The van der Waals surface area contributed by atoms with Crippen molar-refractivity contribution in [3.8, 4) is 0 Å². The highest BCUT2D eigenvalue weighted by atomic mass is 14.7. The molecule has 0 saturated heterocycles. The van der Waals surface area contributed by atoms with Crippen molar-refractivity contribution >= 4 is 0 Å². The third kappa shape index (κ3) is 3.35. The van der Waals surface area contributed by atoms with Crippen molar-refractivity contribution in [2.45, 2.75) is 46.1 Å². The van der Waals surface area contributed by atoms with Gasteiger partial charge in [-0.15, -0.1) is 0 Å². The van der Waals surface area contributed by atoms with Gasteiger partial charge in [0.05, 0.1) is 0 Å². The molecule has 1 aromatic rings. The van der Waals surface area contributed by atoms with Gasteiger partial charge in [0.15, 0.2) is 0 Å². The molecule has 1 unspecified atom stereocenters. The van der Waals surface area contributed by atoms with Crippen LogP contribution in [0.1, 0.15) is 44.7 Å². The Kier molecular flexibility index (Phi) is 3.92. The Morgan fingerprint density at radius 2 is 1.87 bits per heavy atom. The van der Waals surface area contributed by atoms with Crippen LogP contribution in [0.15, 0.2) is 24.3 Å². The topological polar surface area (TPSA) is 26.0 Å². The molecule has 2 N–H and O–H groups in total. The van der Waals surface area contributed by atoms with Gasteiger partial charge in [0.25, 0.3) is 0 Å². The Balaban J connectivity index is 2.81. The highest BCUT2D eigenvalue weighted by Gasteiger charge is 2.22. The highest BCUT2D eigenvalue weighted by Crippen LogP contribution is 2.27. The van der Waals surface area contributed by atoms with E-state index in [1.807, 2.05) is 0 Å². The molecule has 0 spiro atoms. The van der Waals surface area contributed by atoms with Crippen LogP contribution in [0.2, 0.25) is 0 Å². The van der Waals surface area contributed by atoms with Gasteiger partial charge in [0.2, 0.25) is 0 Å². The zero-order valence-corrected chi connectivity index (χ0v) is 10.4. The van der Waals surface area contributed by atoms with Crippen molar-refractivity contribution < 1.29 is 0 Å². The lowest BCUT2D eigenvalue weighted by molar-refractivity contribution is 0.395. The van der Waals surface area contributed by atoms with Gasteiger partial charge in [-0.05, 0) is 43.7 Å². The third-order valence-electron chi connectivity index (χ3n) is 3.00. The lowest BCUT2D eigenvalue weighted by Crippen LogP contribution is -2.34. The molecular formula is C14H23N. The van der Waals surface area contributed by atoms with E-state index in [-0.39, 0.29) is 5.54 Å². The van der Waals surface area contributed by atoms with E-state index in [2.05, 4.69) is 52.0 Å². The van der Waals surface area contributed by atoms with E-state index < -0.39 is 0 Å². The molecular weight excluding hydrogens is 182 g/mol. The summed E-state index contributed by atoms with van der Waals surface area (Å²) in [5, 5.41) is 0. The zero-order chi connectivity index (χ0) is 11.5. The molecule has 0 bridgehead atoms. The van der Waals surface area contributed by atoms with Gasteiger partial charge in [-0.3, -0.25) is 0 Å². The minimum Gasteiger partial charge on any atom is -0.322 e. The Labute approximate surface area is 93.7 Å². The summed E-state index contributed by atoms with van der Waals surface area (Å²) in [6, 6.07) is 8.42. The molecule has 0 heterocycles. The second-order valence-electron chi connectivity index (χ2n) is 5.16. The maximum Gasteiger partial charge on any atom is 0.0383 e. The number of hydrogen-bond donors (Lipinski definition) is 1. The molecule has 1 aromatic carbocycles. The van der Waals surface area contributed by atoms with Crippen LogP contribution in [0.5, 0.6) is 0 Å². The molecule has 1 nitrogen and oxygen atoms in total. The van der Waals surface area contributed by atoms with E-state index in [1.54, 1.807) is 0 Å². The quantitative estimate of drug-likeness (QED) is 0.798. The Bertz CT molecular complexity index is 313. The molecule has 0 aliphatic carbocycles. The maximum absolute atomic E-state index is 6.39. The van der Waals surface area contributed by atoms with E-state index in [9.17, 15) is 0 Å². The second-order valence-corrected chi connectivity index (χ2v) is 5.16. The van der Waals surface area contributed by atoms with Crippen LogP contribution in [0.4, 0.5) is 0 Å². The Morgan fingerprint density at radius 3 is 2.40 bits per heavy atom. The molecule has 84 valence electrons. The fourth-order valence-electron chi connectivity index (χ4n) is 1.94. The van der Waals surface area contributed by atoms with Crippen molar-refractivity contribution in [2.24, 2.45) is 11.7 Å². The summed E-state index contributed by atoms with van der Waals surface area (Å²) in [4.78, 5) is 0. The third-order valence-corrected chi connectivity index (χ3v) is 3.00. The highest BCUT2D eigenvalue weighted by molar-refractivity contribution is 5.31. The molecule has 0 radical (unpaired) electrons. The molecule has 0 aliphatic rings. The molecule has 0 amide bonds. The molecule has 1 heteroatoms. The summed E-state index contributed by atoms with van der Waals surface area (Å²) in [6.07, 6.45) is 2.23. The largest absolute Gasteiger partial charge is 0.322 e. The molecule has 0 saturated carbocycles. The van der Waals surface area contributed by atoms with Crippen LogP contribution >= 0.6 is 0 Å². The van der Waals surface area contributed by atoms with E-state index in [0.717, 1.165) is 12.3 Å². The summed E-state index contributed by atoms with van der Waals surface area (Å²) in [5.74, 6) is 0.719. The molecule has 15 heavy (non-hydrogen) atoms. The molecule has 0 aliphatic heterocycles. The summed E-state index contributed by atoms with van der Waals surface area (Å²) in [7, 11) is 0. The maximum atomic E-state index is 6.39. The first-order valence-corrected chi connectivity index (χ1v) is 5.78. The first kappa shape index (κ1) is 12.3. The predicted molar refractivity (Wildman–Crippen MR) is 66.8 cm³/mol. The fraction of sp³-hybridized carbons (Fsp3) is 0.571. The standard InChI is InChI=1S/C14H23N/c1-11(2)9-10-14(4,15)13-8-6-5-7-12(13)3/h5-8,11H,9-10,15H2,1-4H3. The number of benzene rings is 1. The predicted octanol–water partition coefficient (Wildman–Crippen LogP) is 3.61. The van der Waals surface area contributed by atoms with Crippen molar-refractivity contribution in [1.29, 1.82) is 0 Å². The first-order chi connectivity index (χ1) is 6.93. The van der Waals surface area contributed by atoms with Crippen LogP contribution in [0.25, 0.3) is 0 Å². The van der Waals surface area contributed by atoms with Crippen molar-refractivity contribution in [3.05, 3.63) is 35.4 Å². The van der Waals surface area contributed by atoms with Gasteiger partial charge in [0, 0.05) is 5.54 Å². The number of rotatable bonds is 4. The van der Waals surface area contributed by atoms with Gasteiger partial charge in [0.1, 0.15) is 0 Å². The fourth-order valence-corrected chi connectivity index (χ4v) is 1.94. The summed E-state index contributed by atoms with van der Waals surface area (Å²) >= 11 is 0. The molecule has 1 rings (SSSR count). The van der Waals surface area contributed by atoms with Gasteiger partial charge >= 0.3 is 0 Å².